The van der Waals surface area contributed by atoms with Crippen molar-refractivity contribution < 1.29 is 41.4 Å². The van der Waals surface area contributed by atoms with Crippen LogP contribution in [0.15, 0.2) is 12.2 Å². The Morgan fingerprint density at radius 3 is 2.00 bits per heavy atom. The number of ether oxygens (including phenoxy) is 1. The lowest BCUT2D eigenvalue weighted by molar-refractivity contribution is -0.312. The van der Waals surface area contributed by atoms with Gasteiger partial charge >= 0.3 is 18.3 Å². The molecule has 0 aromatic rings. The maximum absolute atomic E-state index is 12.2. The Hall–Kier alpha value is -1.21. The minimum absolute atomic E-state index is 1.60. The molecular weight excluding hydrogens is 230 g/mol. The highest BCUT2D eigenvalue weighted by atomic mass is 19.4. The summed E-state index contributed by atoms with van der Waals surface area (Å²) in [7, 11) is 0. The van der Waals surface area contributed by atoms with Crippen molar-refractivity contribution >= 4 is 5.97 Å². The second kappa shape index (κ2) is 4.11. The van der Waals surface area contributed by atoms with Gasteiger partial charge in [-0.05, 0) is 6.85 Å². The number of halogens is 6. The third kappa shape index (κ3) is 4.22. The van der Waals surface area contributed by atoms with E-state index in [0.717, 1.165) is 0 Å². The van der Waals surface area contributed by atoms with Gasteiger partial charge in [0, 0.05) is 9.69 Å². The SMILES string of the molecule is [2H]C([2H])([2H])C(=C)C(=O)OC([2H])(C(F)(F)F)C(F)(F)F. The van der Waals surface area contributed by atoms with Crippen LogP contribution in [-0.2, 0) is 9.53 Å². The Morgan fingerprint density at radius 2 is 1.73 bits per heavy atom. The first-order chi connectivity index (χ1) is 8.04. The minimum Gasteiger partial charge on any atom is -0.439 e. The first kappa shape index (κ1) is 8.00. The van der Waals surface area contributed by atoms with Crippen LogP contribution in [0.4, 0.5) is 26.3 Å². The molecular formula is C7H6F6O2. The maximum Gasteiger partial charge on any atom is 0.434 e. The lowest BCUT2D eigenvalue weighted by atomic mass is 10.3. The second-order valence-corrected chi connectivity index (χ2v) is 2.19. The average Bonchev–Trinajstić information content (AvgIpc) is 2.11. The molecule has 0 rings (SSSR count). The first-order valence-corrected chi connectivity index (χ1v) is 3.10. The van der Waals surface area contributed by atoms with E-state index in [1.165, 1.54) is 0 Å². The van der Waals surface area contributed by atoms with Crippen molar-refractivity contribution in [2.45, 2.75) is 25.3 Å². The van der Waals surface area contributed by atoms with Gasteiger partial charge in [0.1, 0.15) is 0 Å². The molecule has 0 fully saturated rings. The van der Waals surface area contributed by atoms with Gasteiger partial charge in [0.15, 0.2) is 0 Å². The third-order valence-corrected chi connectivity index (χ3v) is 0.956. The number of esters is 1. The van der Waals surface area contributed by atoms with Crippen LogP contribution in [0.5, 0.6) is 0 Å². The Bertz CT molecular complexity index is 369. The minimum atomic E-state index is -6.30. The molecule has 0 unspecified atom stereocenters. The first-order valence-electron chi connectivity index (χ1n) is 5.10. The van der Waals surface area contributed by atoms with E-state index < -0.39 is 36.8 Å². The van der Waals surface area contributed by atoms with Crippen LogP contribution < -0.4 is 0 Å². The van der Waals surface area contributed by atoms with E-state index in [9.17, 15) is 31.1 Å². The summed E-state index contributed by atoms with van der Waals surface area (Å²) < 4.78 is 102. The Kier molecular flexibility index (Phi) is 2.19. The van der Waals surface area contributed by atoms with Gasteiger partial charge in [-0.3, -0.25) is 0 Å². The summed E-state index contributed by atoms with van der Waals surface area (Å²) in [5.74, 6) is -2.48. The number of carbonyl (C=O) groups is 1. The monoisotopic (exact) mass is 240 g/mol. The predicted octanol–water partition coefficient (Wildman–Crippen LogP) is 2.60. The molecule has 0 spiro atoms. The normalized spacial score (nSPS) is 18.3. The van der Waals surface area contributed by atoms with Crippen molar-refractivity contribution in [3.8, 4) is 0 Å². The summed E-state index contributed by atoms with van der Waals surface area (Å²) in [4.78, 5) is 10.9. The van der Waals surface area contributed by atoms with Crippen LogP contribution in [0, 0.1) is 0 Å². The van der Waals surface area contributed by atoms with Crippen LogP contribution in [0.2, 0.25) is 0 Å². The lowest BCUT2D eigenvalue weighted by Crippen LogP contribution is -2.45. The summed E-state index contributed by atoms with van der Waals surface area (Å²) in [6, 6.07) is 0. The molecule has 15 heavy (non-hydrogen) atoms. The van der Waals surface area contributed by atoms with Crippen LogP contribution >= 0.6 is 0 Å². The molecule has 8 heteroatoms. The fourth-order valence-electron chi connectivity index (χ4n) is 0.431. The Balaban J connectivity index is 5.42. The molecule has 0 radical (unpaired) electrons. The van der Waals surface area contributed by atoms with Crippen LogP contribution in [0.25, 0.3) is 0 Å². The van der Waals surface area contributed by atoms with E-state index in [2.05, 4.69) is 11.3 Å². The van der Waals surface area contributed by atoms with Crippen molar-refractivity contribution in [2.75, 3.05) is 0 Å². The van der Waals surface area contributed by atoms with E-state index in [-0.39, 0.29) is 0 Å². The summed E-state index contributed by atoms with van der Waals surface area (Å²) >= 11 is 0. The fraction of sp³-hybridized carbons (Fsp3) is 0.571. The summed E-state index contributed by atoms with van der Waals surface area (Å²) in [6.45, 7) is -0.819. The predicted molar refractivity (Wildman–Crippen MR) is 36.8 cm³/mol. The molecule has 0 saturated heterocycles. The molecule has 0 aromatic carbocycles. The summed E-state index contributed by atoms with van der Waals surface area (Å²) in [5.41, 5.74) is -1.60. The smallest absolute Gasteiger partial charge is 0.434 e. The number of carbonyl (C=O) groups excluding carboxylic acids is 1. The molecule has 0 saturated carbocycles. The van der Waals surface area contributed by atoms with E-state index >= 15 is 0 Å². The van der Waals surface area contributed by atoms with Gasteiger partial charge in [0.05, 0.1) is 1.37 Å². The van der Waals surface area contributed by atoms with Crippen LogP contribution in [-0.4, -0.2) is 24.4 Å². The summed E-state index contributed by atoms with van der Waals surface area (Å²) in [6.07, 6.45) is -18.2. The highest BCUT2D eigenvalue weighted by Gasteiger charge is 2.59. The van der Waals surface area contributed by atoms with Gasteiger partial charge in [-0.1, -0.05) is 6.58 Å². The van der Waals surface area contributed by atoms with E-state index in [1.807, 2.05) is 0 Å². The lowest BCUT2D eigenvalue weighted by Gasteiger charge is -2.22. The quantitative estimate of drug-likeness (QED) is 0.421. The van der Waals surface area contributed by atoms with Crippen LogP contribution in [0.3, 0.4) is 0 Å². The van der Waals surface area contributed by atoms with Crippen molar-refractivity contribution in [1.82, 2.24) is 0 Å². The van der Waals surface area contributed by atoms with Gasteiger partial charge in [-0.25, -0.2) is 4.79 Å². The van der Waals surface area contributed by atoms with Crippen molar-refractivity contribution in [2.24, 2.45) is 0 Å². The van der Waals surface area contributed by atoms with E-state index in [0.29, 0.717) is 0 Å². The van der Waals surface area contributed by atoms with Crippen LogP contribution in [0.1, 0.15) is 12.3 Å². The second-order valence-electron chi connectivity index (χ2n) is 2.19. The largest absolute Gasteiger partial charge is 0.439 e. The standard InChI is InChI=1S/C7H6F6O2/c1-3(2)4(14)15-5(6(8,9)10)7(11,12)13/h5H,1H2,2H3/i2D3,5D. The zero-order valence-corrected chi connectivity index (χ0v) is 6.79. The molecule has 0 atom stereocenters. The fourth-order valence-corrected chi connectivity index (χ4v) is 0.431. The molecule has 0 aliphatic heterocycles. The molecule has 0 aliphatic carbocycles. The zero-order valence-electron chi connectivity index (χ0n) is 10.8. The van der Waals surface area contributed by atoms with Gasteiger partial charge in [0.25, 0.3) is 6.08 Å². The molecule has 0 amide bonds. The van der Waals surface area contributed by atoms with Gasteiger partial charge in [0.2, 0.25) is 0 Å². The molecule has 0 aliphatic rings. The molecule has 0 bridgehead atoms. The molecule has 0 heterocycles. The van der Waals surface area contributed by atoms with Crippen molar-refractivity contribution in [1.29, 1.82) is 0 Å². The third-order valence-electron chi connectivity index (χ3n) is 0.956. The van der Waals surface area contributed by atoms with E-state index in [4.69, 9.17) is 5.48 Å². The number of hydrogen-bond acceptors (Lipinski definition) is 2. The number of rotatable bonds is 2. The van der Waals surface area contributed by atoms with Gasteiger partial charge in [-0.2, -0.15) is 26.3 Å². The average molecular weight is 240 g/mol. The molecule has 0 N–H and O–H groups in total. The van der Waals surface area contributed by atoms with Gasteiger partial charge < -0.3 is 4.74 Å². The summed E-state index contributed by atoms with van der Waals surface area (Å²) in [5, 5.41) is 0. The van der Waals surface area contributed by atoms with Gasteiger partial charge in [-0.15, -0.1) is 0 Å². The number of hydrogen-bond donors (Lipinski definition) is 0. The molecule has 2 nitrogen and oxygen atoms in total. The Labute approximate surface area is 86.1 Å². The highest BCUT2D eigenvalue weighted by Crippen LogP contribution is 2.35. The highest BCUT2D eigenvalue weighted by molar-refractivity contribution is 5.87. The number of alkyl halides is 6. The van der Waals surface area contributed by atoms with Crippen molar-refractivity contribution in [3.63, 3.8) is 0 Å². The molecule has 88 valence electrons. The zero-order chi connectivity index (χ0) is 15.9. The molecule has 0 aromatic heterocycles. The topological polar surface area (TPSA) is 26.3 Å². The Morgan fingerprint density at radius 1 is 1.33 bits per heavy atom. The van der Waals surface area contributed by atoms with Crippen molar-refractivity contribution in [3.05, 3.63) is 12.2 Å². The maximum atomic E-state index is 12.2. The van der Waals surface area contributed by atoms with E-state index in [1.54, 1.807) is 0 Å².